The maximum absolute atomic E-state index is 12.2. The molecular weight excluding hydrogens is 354 g/mol. The maximum atomic E-state index is 12.2. The molecule has 0 saturated heterocycles. The van der Waals surface area contributed by atoms with Gasteiger partial charge in [-0.2, -0.15) is 5.26 Å². The van der Waals surface area contributed by atoms with Crippen LogP contribution in [0, 0.1) is 11.3 Å². The first kappa shape index (κ1) is 19.2. The molecule has 2 aromatic carbocycles. The average molecular weight is 372 g/mol. The molecule has 2 rings (SSSR count). The first-order valence-electron chi connectivity index (χ1n) is 7.69. The van der Waals surface area contributed by atoms with Crippen LogP contribution in [0.3, 0.4) is 0 Å². The van der Waals surface area contributed by atoms with E-state index < -0.39 is 5.91 Å². The van der Waals surface area contributed by atoms with Crippen LogP contribution in [-0.4, -0.2) is 20.1 Å². The molecule has 6 nitrogen and oxygen atoms in total. The molecule has 0 unspecified atom stereocenters. The molecule has 0 aliphatic rings. The molecule has 0 heterocycles. The van der Waals surface area contributed by atoms with Gasteiger partial charge >= 0.3 is 0 Å². The molecule has 0 bridgehead atoms. The Hall–Kier alpha value is -3.17. The number of hydrogen-bond donors (Lipinski definition) is 2. The summed E-state index contributed by atoms with van der Waals surface area (Å²) in [6.45, 7) is 0.293. The summed E-state index contributed by atoms with van der Waals surface area (Å²) >= 11 is 5.82. The van der Waals surface area contributed by atoms with Gasteiger partial charge in [-0.05, 0) is 29.8 Å². The number of methoxy groups -OCH3 is 2. The van der Waals surface area contributed by atoms with Gasteiger partial charge in [-0.3, -0.25) is 4.79 Å². The highest BCUT2D eigenvalue weighted by Crippen LogP contribution is 2.29. The lowest BCUT2D eigenvalue weighted by Crippen LogP contribution is -2.24. The van der Waals surface area contributed by atoms with Crippen LogP contribution in [0.2, 0.25) is 5.02 Å². The first-order chi connectivity index (χ1) is 12.6. The van der Waals surface area contributed by atoms with Crippen molar-refractivity contribution in [3.8, 4) is 17.6 Å². The van der Waals surface area contributed by atoms with Crippen LogP contribution in [0.1, 0.15) is 5.56 Å². The van der Waals surface area contributed by atoms with Crippen molar-refractivity contribution in [1.82, 2.24) is 5.32 Å². The molecule has 0 saturated carbocycles. The second-order valence-electron chi connectivity index (χ2n) is 5.19. The van der Waals surface area contributed by atoms with Crippen LogP contribution >= 0.6 is 11.6 Å². The number of halogens is 1. The molecule has 0 aliphatic heterocycles. The number of benzene rings is 2. The summed E-state index contributed by atoms with van der Waals surface area (Å²) in [5.74, 6) is 0.680. The predicted octanol–water partition coefficient (Wildman–Crippen LogP) is 3.49. The normalized spacial score (nSPS) is 10.6. The lowest BCUT2D eigenvalue weighted by molar-refractivity contribution is -0.117. The van der Waals surface area contributed by atoms with E-state index in [-0.39, 0.29) is 5.57 Å². The van der Waals surface area contributed by atoms with E-state index in [9.17, 15) is 10.1 Å². The van der Waals surface area contributed by atoms with Crippen molar-refractivity contribution in [2.75, 3.05) is 19.5 Å². The lowest BCUT2D eigenvalue weighted by Gasteiger charge is -2.10. The van der Waals surface area contributed by atoms with Gasteiger partial charge in [0.25, 0.3) is 5.91 Å². The molecule has 2 aromatic rings. The number of anilines is 1. The highest BCUT2D eigenvalue weighted by Gasteiger charge is 2.10. The molecule has 0 atom stereocenters. The number of rotatable bonds is 7. The second-order valence-corrected chi connectivity index (χ2v) is 5.63. The molecule has 1 amide bonds. The molecule has 0 radical (unpaired) electrons. The summed E-state index contributed by atoms with van der Waals surface area (Å²) in [7, 11) is 3.08. The SMILES string of the molecule is COc1ccc(N/C=C(/C#N)C(=O)NCc2ccc(Cl)cc2)c(OC)c1. The standard InChI is InChI=1S/C19H18ClN3O3/c1-25-16-7-8-17(18(9-16)26-2)22-12-14(10-21)19(24)23-11-13-3-5-15(20)6-4-13/h3-9,12,22H,11H2,1-2H3,(H,23,24)/b14-12-. The van der Waals surface area contributed by atoms with Crippen molar-refractivity contribution in [3.05, 3.63) is 64.8 Å². The molecule has 0 aliphatic carbocycles. The Balaban J connectivity index is 2.04. The fourth-order valence-electron chi connectivity index (χ4n) is 2.10. The van der Waals surface area contributed by atoms with E-state index in [0.29, 0.717) is 28.8 Å². The summed E-state index contributed by atoms with van der Waals surface area (Å²) in [4.78, 5) is 12.2. The number of carbonyl (C=O) groups is 1. The summed E-state index contributed by atoms with van der Waals surface area (Å²) < 4.78 is 10.4. The molecule has 0 aromatic heterocycles. The molecule has 0 fully saturated rings. The van der Waals surface area contributed by atoms with Gasteiger partial charge in [0.05, 0.1) is 19.9 Å². The third-order valence-electron chi connectivity index (χ3n) is 3.51. The number of nitrogens with one attached hydrogen (secondary N) is 2. The summed E-state index contributed by atoms with van der Waals surface area (Å²) in [6.07, 6.45) is 1.33. The van der Waals surface area contributed by atoms with Gasteiger partial charge in [0, 0.05) is 23.8 Å². The van der Waals surface area contributed by atoms with Crippen LogP contribution in [0.25, 0.3) is 0 Å². The van der Waals surface area contributed by atoms with Gasteiger partial charge in [0.2, 0.25) is 0 Å². The zero-order valence-corrected chi connectivity index (χ0v) is 15.1. The summed E-state index contributed by atoms with van der Waals surface area (Å²) in [5.41, 5.74) is 1.42. The summed E-state index contributed by atoms with van der Waals surface area (Å²) in [5, 5.41) is 15.4. The predicted molar refractivity (Wildman–Crippen MR) is 100 cm³/mol. The van der Waals surface area contributed by atoms with E-state index in [1.807, 2.05) is 6.07 Å². The fraction of sp³-hybridized carbons (Fsp3) is 0.158. The van der Waals surface area contributed by atoms with Gasteiger partial charge in [-0.1, -0.05) is 23.7 Å². The Morgan fingerprint density at radius 1 is 1.19 bits per heavy atom. The van der Waals surface area contributed by atoms with Crippen LogP contribution in [-0.2, 0) is 11.3 Å². The molecular formula is C19H18ClN3O3. The van der Waals surface area contributed by atoms with Crippen molar-refractivity contribution < 1.29 is 14.3 Å². The Bertz CT molecular complexity index is 842. The van der Waals surface area contributed by atoms with Gasteiger partial charge in [0.1, 0.15) is 23.1 Å². The van der Waals surface area contributed by atoms with Crippen LogP contribution in [0.4, 0.5) is 5.69 Å². The first-order valence-corrected chi connectivity index (χ1v) is 8.06. The topological polar surface area (TPSA) is 83.4 Å². The largest absolute Gasteiger partial charge is 0.497 e. The number of amides is 1. The van der Waals surface area contributed by atoms with E-state index >= 15 is 0 Å². The van der Waals surface area contributed by atoms with Crippen molar-refractivity contribution in [3.63, 3.8) is 0 Å². The van der Waals surface area contributed by atoms with Crippen LogP contribution in [0.5, 0.6) is 11.5 Å². The molecule has 7 heteroatoms. The molecule has 26 heavy (non-hydrogen) atoms. The van der Waals surface area contributed by atoms with Crippen molar-refractivity contribution in [2.24, 2.45) is 0 Å². The minimum absolute atomic E-state index is 0.0585. The Morgan fingerprint density at radius 2 is 1.92 bits per heavy atom. The third kappa shape index (κ3) is 5.16. The second kappa shape index (κ2) is 9.35. The minimum Gasteiger partial charge on any atom is -0.497 e. The number of hydrogen-bond acceptors (Lipinski definition) is 5. The maximum Gasteiger partial charge on any atom is 0.263 e. The van der Waals surface area contributed by atoms with Crippen molar-refractivity contribution in [2.45, 2.75) is 6.54 Å². The van der Waals surface area contributed by atoms with Crippen LogP contribution < -0.4 is 20.1 Å². The summed E-state index contributed by atoms with van der Waals surface area (Å²) in [6, 6.07) is 14.1. The number of nitrogens with zero attached hydrogens (tertiary/aromatic N) is 1. The molecule has 2 N–H and O–H groups in total. The number of carbonyl (C=O) groups excluding carboxylic acids is 1. The zero-order valence-electron chi connectivity index (χ0n) is 14.4. The quantitative estimate of drug-likeness (QED) is 0.575. The van der Waals surface area contributed by atoms with Gasteiger partial charge in [0.15, 0.2) is 0 Å². The Morgan fingerprint density at radius 3 is 2.54 bits per heavy atom. The van der Waals surface area contributed by atoms with Gasteiger partial charge < -0.3 is 20.1 Å². The number of nitriles is 1. The molecule has 0 spiro atoms. The van der Waals surface area contributed by atoms with E-state index in [2.05, 4.69) is 10.6 Å². The Labute approximate surface area is 157 Å². The average Bonchev–Trinajstić information content (AvgIpc) is 2.68. The fourth-order valence-corrected chi connectivity index (χ4v) is 2.22. The molecule has 134 valence electrons. The van der Waals surface area contributed by atoms with E-state index in [4.69, 9.17) is 21.1 Å². The highest BCUT2D eigenvalue weighted by molar-refractivity contribution is 6.30. The van der Waals surface area contributed by atoms with Crippen molar-refractivity contribution in [1.29, 1.82) is 5.26 Å². The lowest BCUT2D eigenvalue weighted by atomic mass is 10.2. The monoisotopic (exact) mass is 371 g/mol. The minimum atomic E-state index is -0.484. The highest BCUT2D eigenvalue weighted by atomic mass is 35.5. The van der Waals surface area contributed by atoms with E-state index in [0.717, 1.165) is 5.56 Å². The smallest absolute Gasteiger partial charge is 0.263 e. The van der Waals surface area contributed by atoms with Gasteiger partial charge in [-0.15, -0.1) is 0 Å². The van der Waals surface area contributed by atoms with Gasteiger partial charge in [-0.25, -0.2) is 0 Å². The van der Waals surface area contributed by atoms with Crippen molar-refractivity contribution >= 4 is 23.2 Å². The van der Waals surface area contributed by atoms with E-state index in [1.54, 1.807) is 49.6 Å². The zero-order chi connectivity index (χ0) is 18.9. The number of ether oxygens (including phenoxy) is 2. The Kier molecular flexibility index (Phi) is 6.89. The van der Waals surface area contributed by atoms with Crippen LogP contribution in [0.15, 0.2) is 54.2 Å². The third-order valence-corrected chi connectivity index (χ3v) is 3.76. The van der Waals surface area contributed by atoms with E-state index in [1.165, 1.54) is 13.3 Å².